The average molecular weight is 478 g/mol. The van der Waals surface area contributed by atoms with Crippen LogP contribution in [0.5, 0.6) is 17.2 Å². The Morgan fingerprint density at radius 2 is 1.71 bits per heavy atom. The van der Waals surface area contributed by atoms with Gasteiger partial charge >= 0.3 is 0 Å². The van der Waals surface area contributed by atoms with E-state index < -0.39 is 0 Å². The lowest BCUT2D eigenvalue weighted by molar-refractivity contribution is 0.324. The second kappa shape index (κ2) is 10.5. The molecule has 0 spiro atoms. The molecular formula is C22H21Cl2N3O3S. The predicted octanol–water partition coefficient (Wildman–Crippen LogP) is 5.52. The van der Waals surface area contributed by atoms with E-state index in [0.29, 0.717) is 44.2 Å². The molecule has 0 aliphatic rings. The van der Waals surface area contributed by atoms with Gasteiger partial charge in [-0.3, -0.25) is 4.99 Å². The number of thiazole rings is 1. The van der Waals surface area contributed by atoms with Gasteiger partial charge in [-0.05, 0) is 24.3 Å². The smallest absolute Gasteiger partial charge is 0.206 e. The van der Waals surface area contributed by atoms with E-state index in [9.17, 15) is 0 Å². The molecule has 0 amide bonds. The summed E-state index contributed by atoms with van der Waals surface area (Å²) in [6.45, 7) is 4.19. The van der Waals surface area contributed by atoms with Crippen molar-refractivity contribution in [2.24, 2.45) is 10.1 Å². The van der Waals surface area contributed by atoms with E-state index in [1.54, 1.807) is 56.5 Å². The van der Waals surface area contributed by atoms with Crippen LogP contribution < -0.4 is 19.0 Å². The third-order valence-corrected chi connectivity index (χ3v) is 5.82. The van der Waals surface area contributed by atoms with Gasteiger partial charge < -0.3 is 14.2 Å². The number of hydrogen-bond acceptors (Lipinski definition) is 6. The summed E-state index contributed by atoms with van der Waals surface area (Å²) in [5.74, 6) is 1.59. The fraction of sp³-hybridized carbons (Fsp3) is 0.182. The highest BCUT2D eigenvalue weighted by atomic mass is 35.5. The largest absolute Gasteiger partial charge is 0.493 e. The van der Waals surface area contributed by atoms with Crippen LogP contribution in [0.2, 0.25) is 10.0 Å². The van der Waals surface area contributed by atoms with E-state index in [1.807, 2.05) is 17.5 Å². The topological polar surface area (TPSA) is 57.3 Å². The van der Waals surface area contributed by atoms with Gasteiger partial charge in [0, 0.05) is 16.5 Å². The summed E-state index contributed by atoms with van der Waals surface area (Å²) < 4.78 is 18.1. The van der Waals surface area contributed by atoms with Crippen molar-refractivity contribution in [3.8, 4) is 28.5 Å². The standard InChI is InChI=1S/C22H21Cl2N3O3S/c1-5-9-25-22-27(26-12-15-16(23)7-6-8-17(15)24)18(13-31-22)14-10-19(28-2)21(30-4)20(11-14)29-3/h5-8,10-13H,1,9H2,2-4H3. The molecule has 0 aliphatic heterocycles. The van der Waals surface area contributed by atoms with E-state index in [-0.39, 0.29) is 0 Å². The SMILES string of the molecule is C=CCN=c1scc(-c2cc(OC)c(OC)c(OC)c2)n1N=Cc1c(Cl)cccc1Cl. The van der Waals surface area contributed by atoms with Crippen molar-refractivity contribution in [3.63, 3.8) is 0 Å². The zero-order chi connectivity index (χ0) is 22.4. The number of nitrogens with zero attached hydrogens (tertiary/aromatic N) is 3. The van der Waals surface area contributed by atoms with Crippen molar-refractivity contribution in [2.45, 2.75) is 0 Å². The number of benzene rings is 2. The lowest BCUT2D eigenvalue weighted by Crippen LogP contribution is -2.12. The van der Waals surface area contributed by atoms with Gasteiger partial charge in [0.15, 0.2) is 11.5 Å². The van der Waals surface area contributed by atoms with Crippen molar-refractivity contribution in [3.05, 3.63) is 68.8 Å². The molecule has 0 saturated carbocycles. The molecule has 0 unspecified atom stereocenters. The van der Waals surface area contributed by atoms with E-state index in [0.717, 1.165) is 11.3 Å². The van der Waals surface area contributed by atoms with Crippen molar-refractivity contribution < 1.29 is 14.2 Å². The van der Waals surface area contributed by atoms with Crippen molar-refractivity contribution >= 4 is 40.8 Å². The molecule has 1 aromatic heterocycles. The van der Waals surface area contributed by atoms with Crippen LogP contribution >= 0.6 is 34.5 Å². The minimum atomic E-state index is 0.456. The van der Waals surface area contributed by atoms with E-state index in [4.69, 9.17) is 37.4 Å². The third kappa shape index (κ3) is 4.95. The maximum atomic E-state index is 6.30. The molecule has 0 N–H and O–H groups in total. The maximum absolute atomic E-state index is 6.30. The Hall–Kier alpha value is -2.74. The summed E-state index contributed by atoms with van der Waals surface area (Å²) in [6.07, 6.45) is 3.34. The van der Waals surface area contributed by atoms with Gasteiger partial charge in [-0.2, -0.15) is 5.10 Å². The quantitative estimate of drug-likeness (QED) is 0.317. The van der Waals surface area contributed by atoms with Crippen LogP contribution in [-0.4, -0.2) is 38.8 Å². The van der Waals surface area contributed by atoms with Gasteiger partial charge in [0.2, 0.25) is 10.6 Å². The Bertz CT molecular complexity index is 1140. The lowest BCUT2D eigenvalue weighted by atomic mass is 10.1. The second-order valence-electron chi connectivity index (χ2n) is 6.14. The fourth-order valence-corrected chi connectivity index (χ4v) is 4.18. The first kappa shape index (κ1) is 22.9. The number of halogens is 2. The summed E-state index contributed by atoms with van der Waals surface area (Å²) in [4.78, 5) is 5.23. The minimum absolute atomic E-state index is 0.456. The monoisotopic (exact) mass is 477 g/mol. The van der Waals surface area contributed by atoms with Gasteiger partial charge in [-0.1, -0.05) is 35.3 Å². The van der Waals surface area contributed by atoms with Crippen molar-refractivity contribution in [1.82, 2.24) is 4.68 Å². The molecule has 162 valence electrons. The Labute approximate surface area is 194 Å². The molecule has 0 radical (unpaired) electrons. The first-order chi connectivity index (χ1) is 15.0. The van der Waals surface area contributed by atoms with Gasteiger partial charge in [0.25, 0.3) is 0 Å². The van der Waals surface area contributed by atoms with Crippen LogP contribution in [0, 0.1) is 0 Å². The molecule has 0 fully saturated rings. The van der Waals surface area contributed by atoms with Crippen LogP contribution in [0.15, 0.2) is 58.5 Å². The van der Waals surface area contributed by atoms with Gasteiger partial charge in [0.1, 0.15) is 0 Å². The highest BCUT2D eigenvalue weighted by Crippen LogP contribution is 2.41. The molecule has 3 rings (SSSR count). The molecular weight excluding hydrogens is 457 g/mol. The fourth-order valence-electron chi connectivity index (χ4n) is 2.84. The van der Waals surface area contributed by atoms with E-state index in [1.165, 1.54) is 11.3 Å². The summed E-state index contributed by atoms with van der Waals surface area (Å²) in [7, 11) is 4.71. The van der Waals surface area contributed by atoms with Gasteiger partial charge in [-0.15, -0.1) is 17.9 Å². The second-order valence-corrected chi connectivity index (χ2v) is 7.79. The molecule has 0 aliphatic carbocycles. The highest BCUT2D eigenvalue weighted by Gasteiger charge is 2.17. The molecule has 9 heteroatoms. The Balaban J connectivity index is 2.20. The normalized spacial score (nSPS) is 11.7. The van der Waals surface area contributed by atoms with Crippen LogP contribution in [0.4, 0.5) is 0 Å². The van der Waals surface area contributed by atoms with Crippen molar-refractivity contribution in [2.75, 3.05) is 27.9 Å². The molecule has 6 nitrogen and oxygen atoms in total. The third-order valence-electron chi connectivity index (χ3n) is 4.30. The Kier molecular flexibility index (Phi) is 7.79. The minimum Gasteiger partial charge on any atom is -0.493 e. The first-order valence-electron chi connectivity index (χ1n) is 9.14. The van der Waals surface area contributed by atoms with Gasteiger partial charge in [-0.25, -0.2) is 4.68 Å². The van der Waals surface area contributed by atoms with Gasteiger partial charge in [0.05, 0.1) is 49.8 Å². The number of ether oxygens (including phenoxy) is 3. The zero-order valence-electron chi connectivity index (χ0n) is 17.3. The van der Waals surface area contributed by atoms with Crippen LogP contribution in [0.25, 0.3) is 11.3 Å². The summed E-state index contributed by atoms with van der Waals surface area (Å²) in [6, 6.07) is 9.02. The molecule has 2 aromatic carbocycles. The molecule has 1 heterocycles. The van der Waals surface area contributed by atoms with E-state index >= 15 is 0 Å². The highest BCUT2D eigenvalue weighted by molar-refractivity contribution is 7.07. The molecule has 0 bridgehead atoms. The molecule has 31 heavy (non-hydrogen) atoms. The number of hydrogen-bond donors (Lipinski definition) is 0. The predicted molar refractivity (Wildman–Crippen MR) is 127 cm³/mol. The number of methoxy groups -OCH3 is 3. The van der Waals surface area contributed by atoms with E-state index in [2.05, 4.69) is 16.7 Å². The molecule has 0 atom stereocenters. The first-order valence-corrected chi connectivity index (χ1v) is 10.8. The summed E-state index contributed by atoms with van der Waals surface area (Å²) in [5, 5.41) is 7.60. The lowest BCUT2D eigenvalue weighted by Gasteiger charge is -2.14. The summed E-state index contributed by atoms with van der Waals surface area (Å²) in [5.41, 5.74) is 2.22. The zero-order valence-corrected chi connectivity index (χ0v) is 19.6. The average Bonchev–Trinajstić information content (AvgIpc) is 3.18. The maximum Gasteiger partial charge on any atom is 0.206 e. The Morgan fingerprint density at radius 3 is 2.26 bits per heavy atom. The Morgan fingerprint density at radius 1 is 1.06 bits per heavy atom. The number of rotatable bonds is 8. The summed E-state index contributed by atoms with van der Waals surface area (Å²) >= 11 is 14.0. The molecule has 0 saturated heterocycles. The van der Waals surface area contributed by atoms with Crippen LogP contribution in [-0.2, 0) is 0 Å². The number of aromatic nitrogens is 1. The molecule has 3 aromatic rings. The van der Waals surface area contributed by atoms with Crippen LogP contribution in [0.1, 0.15) is 5.56 Å². The van der Waals surface area contributed by atoms with Crippen LogP contribution in [0.3, 0.4) is 0 Å². The van der Waals surface area contributed by atoms with Crippen molar-refractivity contribution in [1.29, 1.82) is 0 Å².